The SMILES string of the molecule is Cl.O=C(/C=C1\SC(=NCc2cccnc2)N(Cc2cccnc2)C1=O)Nc1ccc(F)cc1. The molecule has 4 rings (SSSR count). The molecule has 33 heavy (non-hydrogen) atoms. The lowest BCUT2D eigenvalue weighted by Gasteiger charge is -2.15. The van der Waals surface area contributed by atoms with Gasteiger partial charge in [0, 0.05) is 36.6 Å². The Morgan fingerprint density at radius 2 is 1.73 bits per heavy atom. The molecular formula is C23H19ClFN5O2S. The van der Waals surface area contributed by atoms with Crippen molar-refractivity contribution in [2.24, 2.45) is 4.99 Å². The molecule has 3 heterocycles. The zero-order chi connectivity index (χ0) is 22.3. The average Bonchev–Trinajstić information content (AvgIpc) is 3.09. The minimum Gasteiger partial charge on any atom is -0.322 e. The van der Waals surface area contributed by atoms with Gasteiger partial charge in [-0.1, -0.05) is 12.1 Å². The molecule has 2 amide bonds. The number of amidine groups is 1. The van der Waals surface area contributed by atoms with Crippen LogP contribution in [-0.4, -0.2) is 31.8 Å². The molecule has 0 radical (unpaired) electrons. The van der Waals surface area contributed by atoms with E-state index in [1.54, 1.807) is 30.9 Å². The molecule has 0 bridgehead atoms. The predicted octanol–water partition coefficient (Wildman–Crippen LogP) is 4.19. The van der Waals surface area contributed by atoms with Crippen molar-refractivity contribution >= 4 is 46.8 Å². The van der Waals surface area contributed by atoms with E-state index in [1.807, 2.05) is 18.2 Å². The van der Waals surface area contributed by atoms with Crippen LogP contribution < -0.4 is 5.32 Å². The summed E-state index contributed by atoms with van der Waals surface area (Å²) >= 11 is 1.13. The van der Waals surface area contributed by atoms with Gasteiger partial charge in [0.2, 0.25) is 5.91 Å². The fourth-order valence-corrected chi connectivity index (χ4v) is 3.87. The van der Waals surface area contributed by atoms with E-state index >= 15 is 0 Å². The summed E-state index contributed by atoms with van der Waals surface area (Å²) in [5.74, 6) is -1.20. The molecule has 7 nitrogen and oxygen atoms in total. The Bertz CT molecular complexity index is 1170. The number of nitrogens with one attached hydrogen (secondary N) is 1. The van der Waals surface area contributed by atoms with E-state index in [-0.39, 0.29) is 29.8 Å². The van der Waals surface area contributed by atoms with Crippen molar-refractivity contribution in [3.8, 4) is 0 Å². The average molecular weight is 484 g/mol. The van der Waals surface area contributed by atoms with Crippen molar-refractivity contribution in [1.82, 2.24) is 14.9 Å². The Balaban J connectivity index is 0.00000306. The number of benzene rings is 1. The maximum atomic E-state index is 13.1. The fourth-order valence-electron chi connectivity index (χ4n) is 2.92. The molecule has 3 aromatic rings. The molecule has 0 aliphatic carbocycles. The lowest BCUT2D eigenvalue weighted by molar-refractivity contribution is -0.123. The highest BCUT2D eigenvalue weighted by Gasteiger charge is 2.34. The summed E-state index contributed by atoms with van der Waals surface area (Å²) < 4.78 is 13.1. The number of anilines is 1. The summed E-state index contributed by atoms with van der Waals surface area (Å²) in [6.07, 6.45) is 7.97. The van der Waals surface area contributed by atoms with Gasteiger partial charge in [-0.25, -0.2) is 4.39 Å². The third-order valence-electron chi connectivity index (χ3n) is 4.45. The maximum Gasteiger partial charge on any atom is 0.267 e. The number of hydrogen-bond donors (Lipinski definition) is 1. The Kier molecular flexibility index (Phi) is 8.28. The standard InChI is InChI=1S/C23H18FN5O2S.ClH/c24-18-5-7-19(8-6-18)28-21(30)11-20-22(31)29(15-17-4-2-10-26-13-17)23(32-20)27-14-16-3-1-9-25-12-16;/h1-13H,14-15H2,(H,28,30);1H/b20-11-,27-23?;. The molecule has 2 aromatic heterocycles. The summed E-state index contributed by atoms with van der Waals surface area (Å²) in [5, 5.41) is 3.12. The molecule has 0 unspecified atom stereocenters. The number of amides is 2. The smallest absolute Gasteiger partial charge is 0.267 e. The minimum absolute atomic E-state index is 0. The Morgan fingerprint density at radius 1 is 1.06 bits per heavy atom. The highest BCUT2D eigenvalue weighted by molar-refractivity contribution is 8.18. The van der Waals surface area contributed by atoms with Gasteiger partial charge < -0.3 is 5.32 Å². The molecule has 1 aliphatic rings. The molecule has 1 aliphatic heterocycles. The molecule has 1 saturated heterocycles. The van der Waals surface area contributed by atoms with Crippen molar-refractivity contribution in [1.29, 1.82) is 0 Å². The number of carbonyl (C=O) groups excluding carboxylic acids is 2. The van der Waals surface area contributed by atoms with Gasteiger partial charge in [-0.3, -0.25) is 29.4 Å². The highest BCUT2D eigenvalue weighted by atomic mass is 35.5. The molecule has 0 atom stereocenters. The number of hydrogen-bond acceptors (Lipinski definition) is 6. The predicted molar refractivity (Wildman–Crippen MR) is 128 cm³/mol. The number of nitrogens with zero attached hydrogens (tertiary/aromatic N) is 4. The van der Waals surface area contributed by atoms with Crippen LogP contribution in [0.1, 0.15) is 11.1 Å². The third-order valence-corrected chi connectivity index (χ3v) is 5.49. The van der Waals surface area contributed by atoms with Crippen LogP contribution in [-0.2, 0) is 22.7 Å². The van der Waals surface area contributed by atoms with Gasteiger partial charge in [-0.15, -0.1) is 12.4 Å². The molecular weight excluding hydrogens is 465 g/mol. The number of rotatable bonds is 6. The first-order valence-electron chi connectivity index (χ1n) is 9.69. The summed E-state index contributed by atoms with van der Waals surface area (Å²) in [5.41, 5.74) is 2.18. The van der Waals surface area contributed by atoms with E-state index in [0.717, 1.165) is 22.9 Å². The van der Waals surface area contributed by atoms with E-state index in [2.05, 4.69) is 20.3 Å². The van der Waals surface area contributed by atoms with Crippen molar-refractivity contribution < 1.29 is 14.0 Å². The molecule has 168 valence electrons. The Morgan fingerprint density at radius 3 is 2.36 bits per heavy atom. The zero-order valence-corrected chi connectivity index (χ0v) is 18.9. The maximum absolute atomic E-state index is 13.1. The van der Waals surface area contributed by atoms with Gasteiger partial charge in [0.25, 0.3) is 5.91 Å². The topological polar surface area (TPSA) is 87.6 Å². The van der Waals surface area contributed by atoms with Gasteiger partial charge in [0.15, 0.2) is 5.17 Å². The van der Waals surface area contributed by atoms with Crippen LogP contribution in [0.15, 0.2) is 89.3 Å². The molecule has 1 fully saturated rings. The Hall–Kier alpha value is -3.56. The molecule has 1 N–H and O–H groups in total. The van der Waals surface area contributed by atoms with Crippen molar-refractivity contribution in [3.63, 3.8) is 0 Å². The number of aliphatic imine (C=N–C) groups is 1. The first-order valence-corrected chi connectivity index (χ1v) is 10.5. The van der Waals surface area contributed by atoms with E-state index in [9.17, 15) is 14.0 Å². The molecule has 1 aromatic carbocycles. The highest BCUT2D eigenvalue weighted by Crippen LogP contribution is 2.32. The van der Waals surface area contributed by atoms with Crippen LogP contribution in [0, 0.1) is 5.82 Å². The number of carbonyl (C=O) groups is 2. The monoisotopic (exact) mass is 483 g/mol. The quantitative estimate of drug-likeness (QED) is 0.531. The van der Waals surface area contributed by atoms with E-state index < -0.39 is 11.7 Å². The third kappa shape index (κ3) is 6.47. The molecule has 10 heteroatoms. The summed E-state index contributed by atoms with van der Waals surface area (Å²) in [7, 11) is 0. The van der Waals surface area contributed by atoms with Crippen LogP contribution in [0.4, 0.5) is 10.1 Å². The minimum atomic E-state index is -0.484. The van der Waals surface area contributed by atoms with Crippen LogP contribution >= 0.6 is 24.2 Å². The van der Waals surface area contributed by atoms with E-state index in [1.165, 1.54) is 35.2 Å². The van der Waals surface area contributed by atoms with Crippen LogP contribution in [0.2, 0.25) is 0 Å². The van der Waals surface area contributed by atoms with Crippen LogP contribution in [0.3, 0.4) is 0 Å². The first kappa shape index (κ1) is 24.1. The van der Waals surface area contributed by atoms with Crippen molar-refractivity contribution in [2.75, 3.05) is 5.32 Å². The van der Waals surface area contributed by atoms with Gasteiger partial charge in [-0.05, 0) is 59.3 Å². The van der Waals surface area contributed by atoms with Crippen molar-refractivity contribution in [3.05, 3.63) is 101 Å². The second-order valence-electron chi connectivity index (χ2n) is 6.82. The lowest BCUT2D eigenvalue weighted by atomic mass is 10.2. The van der Waals surface area contributed by atoms with Crippen molar-refractivity contribution in [2.45, 2.75) is 13.1 Å². The normalized spacial score (nSPS) is 15.5. The molecule has 0 saturated carbocycles. The summed E-state index contributed by atoms with van der Waals surface area (Å²) in [4.78, 5) is 40.0. The number of halogens is 2. The first-order chi connectivity index (χ1) is 15.6. The summed E-state index contributed by atoms with van der Waals surface area (Å²) in [6.45, 7) is 0.629. The van der Waals surface area contributed by atoms with Crippen LogP contribution in [0.25, 0.3) is 0 Å². The summed E-state index contributed by atoms with van der Waals surface area (Å²) in [6, 6.07) is 12.8. The number of aromatic nitrogens is 2. The fraction of sp³-hybridized carbons (Fsp3) is 0.0870. The number of pyridine rings is 2. The lowest BCUT2D eigenvalue weighted by Crippen LogP contribution is -2.29. The van der Waals surface area contributed by atoms with Gasteiger partial charge in [-0.2, -0.15) is 0 Å². The van der Waals surface area contributed by atoms with Gasteiger partial charge >= 0.3 is 0 Å². The second kappa shape index (κ2) is 11.3. The molecule has 0 spiro atoms. The number of thioether (sulfide) groups is 1. The van der Waals surface area contributed by atoms with Gasteiger partial charge in [0.1, 0.15) is 5.82 Å². The zero-order valence-electron chi connectivity index (χ0n) is 17.2. The van der Waals surface area contributed by atoms with E-state index in [0.29, 0.717) is 17.4 Å². The van der Waals surface area contributed by atoms with E-state index in [4.69, 9.17) is 0 Å². The Labute approximate surface area is 200 Å². The van der Waals surface area contributed by atoms with Crippen LogP contribution in [0.5, 0.6) is 0 Å². The second-order valence-corrected chi connectivity index (χ2v) is 7.83. The van der Waals surface area contributed by atoms with Gasteiger partial charge in [0.05, 0.1) is 18.0 Å². The largest absolute Gasteiger partial charge is 0.322 e.